The lowest BCUT2D eigenvalue weighted by molar-refractivity contribution is -0.139. The fourth-order valence-electron chi connectivity index (χ4n) is 3.98. The molecule has 0 bridgehead atoms. The number of phenols is 1. The number of primary amides is 1. The van der Waals surface area contributed by atoms with Crippen LogP contribution in [0.15, 0.2) is 24.4 Å². The van der Waals surface area contributed by atoms with Gasteiger partial charge in [-0.15, -0.1) is 0 Å². The Balaban J connectivity index is 1.87. The van der Waals surface area contributed by atoms with E-state index < -0.39 is 29.4 Å². The predicted octanol–water partition coefficient (Wildman–Crippen LogP) is 1.40. The van der Waals surface area contributed by atoms with Crippen molar-refractivity contribution < 1.29 is 28.2 Å². The fraction of sp³-hybridized carbons (Fsp3) is 0.429. The van der Waals surface area contributed by atoms with E-state index >= 15 is 4.39 Å². The number of carbonyl (C=O) groups excluding carboxylic acids is 2. The third-order valence-electron chi connectivity index (χ3n) is 5.65. The van der Waals surface area contributed by atoms with Crippen molar-refractivity contribution >= 4 is 11.9 Å². The van der Waals surface area contributed by atoms with E-state index in [1.165, 1.54) is 30.1 Å². The van der Waals surface area contributed by atoms with Crippen LogP contribution >= 0.6 is 0 Å². The smallest absolute Gasteiger partial charge is 0.311 e. The fourth-order valence-corrected chi connectivity index (χ4v) is 3.98. The maximum absolute atomic E-state index is 15.6. The van der Waals surface area contributed by atoms with Crippen molar-refractivity contribution in [2.45, 2.75) is 37.5 Å². The normalized spacial score (nSPS) is 21.1. The number of amides is 1. The van der Waals surface area contributed by atoms with Gasteiger partial charge in [0.25, 0.3) is 5.91 Å². The first-order valence-electron chi connectivity index (χ1n) is 9.86. The summed E-state index contributed by atoms with van der Waals surface area (Å²) in [6, 6.07) is 5.63. The van der Waals surface area contributed by atoms with Gasteiger partial charge in [-0.05, 0) is 24.1 Å². The molecule has 11 heteroatoms. The first-order valence-corrected chi connectivity index (χ1v) is 9.86. The van der Waals surface area contributed by atoms with E-state index in [-0.39, 0.29) is 49.4 Å². The van der Waals surface area contributed by atoms with Crippen LogP contribution in [0, 0.1) is 17.1 Å². The maximum Gasteiger partial charge on any atom is 0.311 e. The standard InChI is InChI=1S/C21H23F2N5O4/c1-32-19(30)9-17-16(20(25)31)11-28(26-17)21(2-4-24)3-5-27(12-18(21)23)10-13-6-14(22)8-15(29)7-13/h6-8,11,18,29H,2-3,5,9-10,12H2,1H3,(H2,25,31). The van der Waals surface area contributed by atoms with E-state index in [4.69, 9.17) is 5.73 Å². The molecule has 2 atom stereocenters. The molecule has 9 nitrogen and oxygen atoms in total. The van der Waals surface area contributed by atoms with Crippen molar-refractivity contribution in [1.82, 2.24) is 14.7 Å². The second kappa shape index (κ2) is 9.32. The molecule has 1 amide bonds. The molecule has 2 aromatic rings. The number of nitrogens with two attached hydrogens (primary N) is 1. The van der Waals surface area contributed by atoms with Crippen LogP contribution in [0.3, 0.4) is 0 Å². The molecule has 2 heterocycles. The van der Waals surface area contributed by atoms with Crippen molar-refractivity contribution in [3.63, 3.8) is 0 Å². The van der Waals surface area contributed by atoms with Gasteiger partial charge in [0.15, 0.2) is 0 Å². The predicted molar refractivity (Wildman–Crippen MR) is 108 cm³/mol. The third kappa shape index (κ3) is 4.70. The lowest BCUT2D eigenvalue weighted by Gasteiger charge is -2.43. The van der Waals surface area contributed by atoms with Crippen molar-refractivity contribution in [1.29, 1.82) is 5.26 Å². The van der Waals surface area contributed by atoms with Crippen LogP contribution < -0.4 is 5.73 Å². The molecule has 0 saturated carbocycles. The zero-order chi connectivity index (χ0) is 23.5. The zero-order valence-electron chi connectivity index (χ0n) is 17.4. The quantitative estimate of drug-likeness (QED) is 0.613. The zero-order valence-corrected chi connectivity index (χ0v) is 17.4. The summed E-state index contributed by atoms with van der Waals surface area (Å²) in [6.07, 6.45) is -0.674. The number of likely N-dealkylation sites (tertiary alicyclic amines) is 1. The van der Waals surface area contributed by atoms with Crippen molar-refractivity contribution in [3.05, 3.63) is 47.0 Å². The summed E-state index contributed by atoms with van der Waals surface area (Å²) < 4.78 is 35.0. The summed E-state index contributed by atoms with van der Waals surface area (Å²) in [7, 11) is 1.19. The Morgan fingerprint density at radius 1 is 1.44 bits per heavy atom. The van der Waals surface area contributed by atoms with Gasteiger partial charge in [0.05, 0.1) is 37.3 Å². The first-order chi connectivity index (χ1) is 15.2. The third-order valence-corrected chi connectivity index (χ3v) is 5.65. The molecule has 1 aliphatic rings. The van der Waals surface area contributed by atoms with Gasteiger partial charge in [-0.1, -0.05) is 0 Å². The van der Waals surface area contributed by atoms with Crippen LogP contribution in [0.4, 0.5) is 8.78 Å². The number of methoxy groups -OCH3 is 1. The molecule has 1 saturated heterocycles. The van der Waals surface area contributed by atoms with Gasteiger partial charge in [-0.3, -0.25) is 19.2 Å². The second-order valence-electron chi connectivity index (χ2n) is 7.76. The van der Waals surface area contributed by atoms with Crippen LogP contribution in [0.2, 0.25) is 0 Å². The van der Waals surface area contributed by atoms with Crippen LogP contribution in [0.5, 0.6) is 5.75 Å². The number of nitrogens with zero attached hydrogens (tertiary/aromatic N) is 4. The van der Waals surface area contributed by atoms with Crippen LogP contribution in [-0.4, -0.2) is 58.0 Å². The summed E-state index contributed by atoms with van der Waals surface area (Å²) >= 11 is 0. The van der Waals surface area contributed by atoms with Gasteiger partial charge < -0.3 is 15.6 Å². The van der Waals surface area contributed by atoms with Gasteiger partial charge in [0, 0.05) is 31.9 Å². The summed E-state index contributed by atoms with van der Waals surface area (Å²) in [6.45, 7) is 0.460. The minimum atomic E-state index is -1.57. The van der Waals surface area contributed by atoms with E-state index in [0.29, 0.717) is 12.1 Å². The number of benzene rings is 1. The molecule has 0 aliphatic carbocycles. The van der Waals surface area contributed by atoms with E-state index in [0.717, 1.165) is 6.07 Å². The van der Waals surface area contributed by atoms with Crippen LogP contribution in [0.1, 0.15) is 34.5 Å². The topological polar surface area (TPSA) is 134 Å². The number of halogens is 2. The molecule has 32 heavy (non-hydrogen) atoms. The summed E-state index contributed by atoms with van der Waals surface area (Å²) in [5.74, 6) is -2.29. The van der Waals surface area contributed by atoms with Crippen molar-refractivity contribution in [2.24, 2.45) is 5.73 Å². The Hall–Kier alpha value is -3.52. The molecular formula is C21H23F2N5O4. The van der Waals surface area contributed by atoms with Crippen LogP contribution in [-0.2, 0) is 28.0 Å². The highest BCUT2D eigenvalue weighted by atomic mass is 19.1. The van der Waals surface area contributed by atoms with Gasteiger partial charge in [-0.2, -0.15) is 10.4 Å². The number of aromatic nitrogens is 2. The number of carbonyl (C=O) groups is 2. The lowest BCUT2D eigenvalue weighted by Crippen LogP contribution is -2.54. The highest BCUT2D eigenvalue weighted by molar-refractivity contribution is 5.94. The van der Waals surface area contributed by atoms with E-state index in [1.807, 2.05) is 6.07 Å². The molecule has 1 aliphatic heterocycles. The number of hydrogen-bond donors (Lipinski definition) is 2. The molecule has 170 valence electrons. The number of esters is 1. The Morgan fingerprint density at radius 2 is 2.19 bits per heavy atom. The van der Waals surface area contributed by atoms with E-state index in [2.05, 4.69) is 9.84 Å². The molecular weight excluding hydrogens is 424 g/mol. The monoisotopic (exact) mass is 447 g/mol. The van der Waals surface area contributed by atoms with Gasteiger partial charge >= 0.3 is 5.97 Å². The molecule has 1 aromatic heterocycles. The molecule has 3 rings (SSSR count). The Labute approximate surface area is 183 Å². The number of rotatable bonds is 7. The minimum Gasteiger partial charge on any atom is -0.508 e. The lowest BCUT2D eigenvalue weighted by atomic mass is 9.83. The number of alkyl halides is 1. The SMILES string of the molecule is COC(=O)Cc1nn(C2(CC#N)CCN(Cc3cc(O)cc(F)c3)CC2F)cc1C(N)=O. The number of ether oxygens (including phenoxy) is 1. The van der Waals surface area contributed by atoms with Crippen molar-refractivity contribution in [2.75, 3.05) is 20.2 Å². The number of aromatic hydroxyl groups is 1. The Morgan fingerprint density at radius 3 is 2.78 bits per heavy atom. The summed E-state index contributed by atoms with van der Waals surface area (Å²) in [5, 5.41) is 23.2. The highest BCUT2D eigenvalue weighted by Crippen LogP contribution is 2.36. The molecule has 0 spiro atoms. The van der Waals surface area contributed by atoms with Gasteiger partial charge in [0.2, 0.25) is 0 Å². The summed E-state index contributed by atoms with van der Waals surface area (Å²) in [4.78, 5) is 25.3. The summed E-state index contributed by atoms with van der Waals surface area (Å²) in [5.41, 5.74) is 4.52. The molecule has 1 fully saturated rings. The number of nitriles is 1. The van der Waals surface area contributed by atoms with Crippen LogP contribution in [0.25, 0.3) is 0 Å². The largest absolute Gasteiger partial charge is 0.508 e. The highest BCUT2D eigenvalue weighted by Gasteiger charge is 2.46. The number of hydrogen-bond acceptors (Lipinski definition) is 7. The minimum absolute atomic E-state index is 0.0439. The average Bonchev–Trinajstić information content (AvgIpc) is 3.14. The second-order valence-corrected chi connectivity index (χ2v) is 7.76. The number of phenolic OH excluding ortho intramolecular Hbond substituents is 1. The molecule has 1 aromatic carbocycles. The molecule has 2 unspecified atom stereocenters. The average molecular weight is 447 g/mol. The Bertz CT molecular complexity index is 1050. The maximum atomic E-state index is 15.6. The van der Waals surface area contributed by atoms with E-state index in [1.54, 1.807) is 4.90 Å². The molecule has 3 N–H and O–H groups in total. The van der Waals surface area contributed by atoms with E-state index in [9.17, 15) is 24.3 Å². The first kappa shape index (κ1) is 23.1. The van der Waals surface area contributed by atoms with Gasteiger partial charge in [-0.25, -0.2) is 8.78 Å². The van der Waals surface area contributed by atoms with Gasteiger partial charge in [0.1, 0.15) is 23.3 Å². The van der Waals surface area contributed by atoms with Crippen molar-refractivity contribution in [3.8, 4) is 11.8 Å². The number of piperidine rings is 1. The Kier molecular flexibility index (Phi) is 6.74. The molecule has 0 radical (unpaired) electrons.